The molecule has 29 heavy (non-hydrogen) atoms. The Morgan fingerprint density at radius 3 is 1.45 bits per heavy atom. The van der Waals surface area contributed by atoms with Gasteiger partial charge in [-0.1, -0.05) is 90.0 Å². The molecule has 4 rings (SSSR count). The van der Waals surface area contributed by atoms with Crippen molar-refractivity contribution in [1.82, 2.24) is 0 Å². The third-order valence-electron chi connectivity index (χ3n) is 5.12. The number of benzene rings is 4. The highest BCUT2D eigenvalue weighted by Gasteiger charge is 2.24. The van der Waals surface area contributed by atoms with Crippen molar-refractivity contribution in [3.05, 3.63) is 112 Å². The molecule has 0 fully saturated rings. The Bertz CT molecular complexity index is 1100. The van der Waals surface area contributed by atoms with Crippen molar-refractivity contribution in [3.63, 3.8) is 0 Å². The summed E-state index contributed by atoms with van der Waals surface area (Å²) in [6, 6.07) is 29.6. The second kappa shape index (κ2) is 7.72. The first-order valence-electron chi connectivity index (χ1n) is 9.55. The van der Waals surface area contributed by atoms with E-state index >= 15 is 0 Å². The topological polar surface area (TPSA) is 43.1 Å². The summed E-state index contributed by atoms with van der Waals surface area (Å²) in [4.78, 5) is 11.9. The molecule has 0 spiro atoms. The summed E-state index contributed by atoms with van der Waals surface area (Å²) < 4.78 is 0. The molecule has 0 bridgehead atoms. The van der Waals surface area contributed by atoms with Gasteiger partial charge in [0.15, 0.2) is 0 Å². The zero-order chi connectivity index (χ0) is 20.4. The highest BCUT2D eigenvalue weighted by molar-refractivity contribution is 5.91. The van der Waals surface area contributed by atoms with Gasteiger partial charge in [-0.2, -0.15) is 0 Å². The minimum absolute atomic E-state index is 0.136. The number of nitro groups is 1. The van der Waals surface area contributed by atoms with Crippen molar-refractivity contribution in [2.45, 2.75) is 13.8 Å². The predicted octanol–water partition coefficient (Wildman–Crippen LogP) is 7.21. The maximum Gasteiger partial charge on any atom is 0.284 e. The predicted molar refractivity (Wildman–Crippen MR) is 119 cm³/mol. The van der Waals surface area contributed by atoms with Crippen LogP contribution in [0.4, 0.5) is 5.69 Å². The molecule has 0 saturated carbocycles. The molecule has 0 heterocycles. The van der Waals surface area contributed by atoms with Gasteiger partial charge in [0.25, 0.3) is 5.69 Å². The number of hydrogen-bond acceptors (Lipinski definition) is 2. The Kier molecular flexibility index (Phi) is 4.96. The molecule has 142 valence electrons. The van der Waals surface area contributed by atoms with E-state index in [1.165, 1.54) is 0 Å². The number of rotatable bonds is 4. The van der Waals surface area contributed by atoms with Crippen molar-refractivity contribution >= 4 is 5.69 Å². The second-order valence-corrected chi connectivity index (χ2v) is 7.28. The van der Waals surface area contributed by atoms with Crippen molar-refractivity contribution in [2.75, 3.05) is 0 Å². The summed E-state index contributed by atoms with van der Waals surface area (Å²) in [5.41, 5.74) is 7.31. The standard InChI is InChI=1S/C26H21NO2/c1-18-8-12-21(13-9-18)24-16-23(20-6-4-3-5-7-20)17-25(26(24)27(28)29)22-14-10-19(2)11-15-22/h3-17H,1-2H3. The zero-order valence-corrected chi connectivity index (χ0v) is 16.4. The minimum atomic E-state index is -0.265. The molecule has 0 atom stereocenters. The van der Waals surface area contributed by atoms with Crippen LogP contribution in [0.15, 0.2) is 91.0 Å². The van der Waals surface area contributed by atoms with Crippen LogP contribution in [0.3, 0.4) is 0 Å². The molecular formula is C26H21NO2. The van der Waals surface area contributed by atoms with Gasteiger partial charge < -0.3 is 0 Å². The van der Waals surface area contributed by atoms with Gasteiger partial charge in [0.05, 0.1) is 16.1 Å². The van der Waals surface area contributed by atoms with Crippen LogP contribution >= 0.6 is 0 Å². The van der Waals surface area contributed by atoms with Crippen molar-refractivity contribution in [3.8, 4) is 33.4 Å². The van der Waals surface area contributed by atoms with Crippen LogP contribution in [0.25, 0.3) is 33.4 Å². The summed E-state index contributed by atoms with van der Waals surface area (Å²) in [5.74, 6) is 0. The Labute approximate surface area is 170 Å². The van der Waals surface area contributed by atoms with Gasteiger partial charge in [0.2, 0.25) is 0 Å². The van der Waals surface area contributed by atoms with Crippen molar-refractivity contribution in [1.29, 1.82) is 0 Å². The van der Waals surface area contributed by atoms with E-state index in [1.54, 1.807) is 0 Å². The van der Waals surface area contributed by atoms with Gasteiger partial charge in [0.1, 0.15) is 0 Å². The quantitative estimate of drug-likeness (QED) is 0.278. The van der Waals surface area contributed by atoms with Gasteiger partial charge >= 0.3 is 0 Å². The van der Waals surface area contributed by atoms with Gasteiger partial charge in [0, 0.05) is 0 Å². The van der Waals surface area contributed by atoms with Gasteiger partial charge in [-0.25, -0.2) is 0 Å². The van der Waals surface area contributed by atoms with E-state index in [-0.39, 0.29) is 10.6 Å². The Hall–Kier alpha value is -3.72. The summed E-state index contributed by atoms with van der Waals surface area (Å²) in [7, 11) is 0. The van der Waals surface area contributed by atoms with E-state index in [0.29, 0.717) is 11.1 Å². The van der Waals surface area contributed by atoms with Crippen LogP contribution in [0.1, 0.15) is 11.1 Å². The van der Waals surface area contributed by atoms with Gasteiger partial charge in [-0.15, -0.1) is 0 Å². The lowest BCUT2D eigenvalue weighted by Gasteiger charge is -2.13. The molecule has 0 aliphatic rings. The van der Waals surface area contributed by atoms with Crippen LogP contribution < -0.4 is 0 Å². The first kappa shape index (κ1) is 18.6. The molecule has 4 aromatic carbocycles. The third kappa shape index (κ3) is 3.81. The zero-order valence-electron chi connectivity index (χ0n) is 16.4. The lowest BCUT2D eigenvalue weighted by molar-refractivity contribution is -0.383. The first-order valence-corrected chi connectivity index (χ1v) is 9.55. The SMILES string of the molecule is Cc1ccc(-c2cc(-c3ccccc3)cc(-c3ccc(C)cc3)c2[N+](=O)[O-])cc1. The van der Waals surface area contributed by atoms with Gasteiger partial charge in [-0.05, 0) is 48.2 Å². The summed E-state index contributed by atoms with van der Waals surface area (Å²) in [5, 5.41) is 12.2. The van der Waals surface area contributed by atoms with Crippen LogP contribution in [-0.4, -0.2) is 4.92 Å². The lowest BCUT2D eigenvalue weighted by Crippen LogP contribution is -1.97. The molecule has 0 unspecified atom stereocenters. The second-order valence-electron chi connectivity index (χ2n) is 7.28. The molecule has 0 aliphatic carbocycles. The third-order valence-corrected chi connectivity index (χ3v) is 5.12. The molecule has 0 N–H and O–H groups in total. The maximum absolute atomic E-state index is 12.2. The van der Waals surface area contributed by atoms with E-state index in [1.807, 2.05) is 105 Å². The highest BCUT2D eigenvalue weighted by atomic mass is 16.6. The van der Waals surface area contributed by atoms with Gasteiger partial charge in [-0.3, -0.25) is 10.1 Å². The number of nitrogens with zero attached hydrogens (tertiary/aromatic N) is 1. The highest BCUT2D eigenvalue weighted by Crippen LogP contribution is 2.42. The average molecular weight is 379 g/mol. The van der Waals surface area contributed by atoms with Crippen molar-refractivity contribution in [2.24, 2.45) is 0 Å². The number of hydrogen-bond donors (Lipinski definition) is 0. The van der Waals surface area contributed by atoms with Crippen LogP contribution in [0.5, 0.6) is 0 Å². The van der Waals surface area contributed by atoms with E-state index in [2.05, 4.69) is 0 Å². The molecule has 3 nitrogen and oxygen atoms in total. The monoisotopic (exact) mass is 379 g/mol. The van der Waals surface area contributed by atoms with E-state index < -0.39 is 0 Å². The van der Waals surface area contributed by atoms with E-state index in [0.717, 1.165) is 33.4 Å². The molecule has 0 aliphatic heterocycles. The summed E-state index contributed by atoms with van der Waals surface area (Å²) in [6.07, 6.45) is 0. The molecule has 0 radical (unpaired) electrons. The number of aryl methyl sites for hydroxylation is 2. The van der Waals surface area contributed by atoms with Crippen LogP contribution in [-0.2, 0) is 0 Å². The fourth-order valence-corrected chi connectivity index (χ4v) is 3.53. The summed E-state index contributed by atoms with van der Waals surface area (Å²) in [6.45, 7) is 4.02. The van der Waals surface area contributed by atoms with E-state index in [9.17, 15) is 10.1 Å². The lowest BCUT2D eigenvalue weighted by atomic mass is 9.90. The molecule has 0 saturated heterocycles. The maximum atomic E-state index is 12.2. The largest absolute Gasteiger partial charge is 0.284 e. The molecule has 0 aromatic heterocycles. The normalized spacial score (nSPS) is 10.7. The average Bonchev–Trinajstić information content (AvgIpc) is 2.74. The molecule has 3 heteroatoms. The fourth-order valence-electron chi connectivity index (χ4n) is 3.53. The number of nitro benzene ring substituents is 1. The Balaban J connectivity index is 2.04. The fraction of sp³-hybridized carbons (Fsp3) is 0.0769. The van der Waals surface area contributed by atoms with Crippen LogP contribution in [0.2, 0.25) is 0 Å². The Morgan fingerprint density at radius 2 is 1.03 bits per heavy atom. The smallest absolute Gasteiger partial charge is 0.258 e. The first-order chi connectivity index (χ1) is 14.0. The molecule has 4 aromatic rings. The summed E-state index contributed by atoms with van der Waals surface area (Å²) >= 11 is 0. The molecular weight excluding hydrogens is 358 g/mol. The van der Waals surface area contributed by atoms with E-state index in [4.69, 9.17) is 0 Å². The minimum Gasteiger partial charge on any atom is -0.258 e. The Morgan fingerprint density at radius 1 is 0.586 bits per heavy atom. The van der Waals surface area contributed by atoms with Crippen molar-refractivity contribution < 1.29 is 4.92 Å². The van der Waals surface area contributed by atoms with Crippen LogP contribution in [0, 0.1) is 24.0 Å². The molecule has 0 amide bonds.